The molecule has 6 heteroatoms. The molecule has 0 amide bonds. The van der Waals surface area contributed by atoms with Gasteiger partial charge >= 0.3 is 17.9 Å². The summed E-state index contributed by atoms with van der Waals surface area (Å²) in [5, 5.41) is 0. The number of rotatable bonds is 50. The van der Waals surface area contributed by atoms with E-state index in [-0.39, 0.29) is 37.5 Å². The van der Waals surface area contributed by atoms with Gasteiger partial charge in [-0.25, -0.2) is 0 Å². The van der Waals surface area contributed by atoms with Gasteiger partial charge in [0.05, 0.1) is 0 Å². The molecule has 1 atom stereocenters. The molecule has 0 fully saturated rings. The molecule has 0 rings (SSSR count). The van der Waals surface area contributed by atoms with Crippen molar-refractivity contribution in [3.8, 4) is 0 Å². The van der Waals surface area contributed by atoms with Gasteiger partial charge in [0.1, 0.15) is 13.2 Å². The minimum absolute atomic E-state index is 0.104. The van der Waals surface area contributed by atoms with Gasteiger partial charge in [-0.3, -0.25) is 14.4 Å². The molecule has 0 aliphatic carbocycles. The fourth-order valence-electron chi connectivity index (χ4n) is 7.64. The number of carbonyl (C=O) groups excluding carboxylic acids is 3. The summed E-state index contributed by atoms with van der Waals surface area (Å²) in [5.41, 5.74) is 0. The first-order chi connectivity index (χ1) is 34.0. The summed E-state index contributed by atoms with van der Waals surface area (Å²) in [6, 6.07) is 0. The van der Waals surface area contributed by atoms with Gasteiger partial charge in [0, 0.05) is 19.3 Å². The van der Waals surface area contributed by atoms with Crippen LogP contribution < -0.4 is 0 Å². The molecule has 0 heterocycles. The SMILES string of the molecule is CC\C=C/C=C\C=C/C=C\C=C\C=C/CCCCCC(=O)OC(COC(=O)CCCCCCCC/C=C\C=C/CCCCC)COC(=O)CCCCCCCCC/C=C\CCCCCCCCCC. The smallest absolute Gasteiger partial charge is 0.306 e. The van der Waals surface area contributed by atoms with Gasteiger partial charge in [0.25, 0.3) is 0 Å². The third kappa shape index (κ3) is 54.9. The molecule has 0 spiro atoms. The normalized spacial score (nSPS) is 12.9. The Kier molecular flexibility index (Phi) is 53.4. The second kappa shape index (κ2) is 56.7. The maximum absolute atomic E-state index is 12.8. The van der Waals surface area contributed by atoms with E-state index in [0.29, 0.717) is 19.3 Å². The molecule has 0 bridgehead atoms. The average molecular weight is 958 g/mol. The minimum Gasteiger partial charge on any atom is -0.462 e. The van der Waals surface area contributed by atoms with E-state index in [1.165, 1.54) is 128 Å². The lowest BCUT2D eigenvalue weighted by molar-refractivity contribution is -0.167. The quantitative estimate of drug-likeness (QED) is 0.0199. The fourth-order valence-corrected chi connectivity index (χ4v) is 7.64. The van der Waals surface area contributed by atoms with Gasteiger partial charge in [-0.05, 0) is 89.9 Å². The Labute approximate surface area is 425 Å². The highest BCUT2D eigenvalue weighted by atomic mass is 16.6. The molecule has 0 aromatic heterocycles. The van der Waals surface area contributed by atoms with Gasteiger partial charge in [-0.15, -0.1) is 0 Å². The van der Waals surface area contributed by atoms with Crippen molar-refractivity contribution in [1.82, 2.24) is 0 Å². The van der Waals surface area contributed by atoms with E-state index in [9.17, 15) is 14.4 Å². The predicted octanol–water partition coefficient (Wildman–Crippen LogP) is 19.1. The number of ether oxygens (including phenoxy) is 3. The van der Waals surface area contributed by atoms with Crippen LogP contribution in [0.4, 0.5) is 0 Å². The Bertz CT molecular complexity index is 1420. The number of carbonyl (C=O) groups is 3. The number of unbranched alkanes of at least 4 members (excludes halogenated alkanes) is 27. The van der Waals surface area contributed by atoms with Crippen molar-refractivity contribution in [3.05, 3.63) is 109 Å². The van der Waals surface area contributed by atoms with Crippen LogP contribution in [-0.4, -0.2) is 37.2 Å². The van der Waals surface area contributed by atoms with Crippen molar-refractivity contribution in [2.24, 2.45) is 0 Å². The lowest BCUT2D eigenvalue weighted by Gasteiger charge is -2.18. The van der Waals surface area contributed by atoms with E-state index in [2.05, 4.69) is 69.4 Å². The molecule has 0 aliphatic heterocycles. The van der Waals surface area contributed by atoms with Crippen molar-refractivity contribution in [3.63, 3.8) is 0 Å². The first kappa shape index (κ1) is 65.1. The zero-order valence-electron chi connectivity index (χ0n) is 44.8. The lowest BCUT2D eigenvalue weighted by atomic mass is 10.1. The van der Waals surface area contributed by atoms with Crippen LogP contribution in [0.25, 0.3) is 0 Å². The van der Waals surface area contributed by atoms with E-state index in [0.717, 1.165) is 77.0 Å². The van der Waals surface area contributed by atoms with Gasteiger partial charge < -0.3 is 14.2 Å². The van der Waals surface area contributed by atoms with Gasteiger partial charge in [-0.1, -0.05) is 252 Å². The van der Waals surface area contributed by atoms with E-state index < -0.39 is 6.10 Å². The van der Waals surface area contributed by atoms with Gasteiger partial charge in [-0.2, -0.15) is 0 Å². The van der Waals surface area contributed by atoms with Crippen molar-refractivity contribution < 1.29 is 28.6 Å². The van der Waals surface area contributed by atoms with E-state index in [4.69, 9.17) is 14.2 Å². The second-order valence-corrected chi connectivity index (χ2v) is 18.6. The van der Waals surface area contributed by atoms with Crippen molar-refractivity contribution in [2.75, 3.05) is 13.2 Å². The lowest BCUT2D eigenvalue weighted by Crippen LogP contribution is -2.30. The summed E-state index contributed by atoms with van der Waals surface area (Å²) in [5.74, 6) is -0.963. The number of esters is 3. The average Bonchev–Trinajstić information content (AvgIpc) is 3.35. The van der Waals surface area contributed by atoms with Crippen LogP contribution in [0.1, 0.15) is 252 Å². The number of hydrogen-bond donors (Lipinski definition) is 0. The number of hydrogen-bond acceptors (Lipinski definition) is 6. The maximum atomic E-state index is 12.8. The van der Waals surface area contributed by atoms with Crippen molar-refractivity contribution in [2.45, 2.75) is 258 Å². The zero-order chi connectivity index (χ0) is 50.0. The molecule has 0 saturated heterocycles. The maximum Gasteiger partial charge on any atom is 0.306 e. The third-order valence-corrected chi connectivity index (χ3v) is 11.9. The summed E-state index contributed by atoms with van der Waals surface area (Å²) in [4.78, 5) is 38.1. The highest BCUT2D eigenvalue weighted by molar-refractivity contribution is 5.71. The zero-order valence-corrected chi connectivity index (χ0v) is 44.8. The van der Waals surface area contributed by atoms with Crippen LogP contribution >= 0.6 is 0 Å². The molecular weight excluding hydrogens is 853 g/mol. The fraction of sp³-hybridized carbons (Fsp3) is 0.667. The molecule has 0 N–H and O–H groups in total. The molecule has 0 aliphatic rings. The van der Waals surface area contributed by atoms with Crippen LogP contribution in [0.5, 0.6) is 0 Å². The Morgan fingerprint density at radius 2 is 0.580 bits per heavy atom. The molecular formula is C63H104O6. The van der Waals surface area contributed by atoms with Crippen LogP contribution in [0.2, 0.25) is 0 Å². The van der Waals surface area contributed by atoms with Crippen LogP contribution in [0, 0.1) is 0 Å². The largest absolute Gasteiger partial charge is 0.462 e. The van der Waals surface area contributed by atoms with Gasteiger partial charge in [0.2, 0.25) is 0 Å². The monoisotopic (exact) mass is 957 g/mol. The highest BCUT2D eigenvalue weighted by Gasteiger charge is 2.19. The standard InChI is InChI=1S/C63H104O6/c1-4-7-10-13-16-19-22-25-28-30-31-33-35-38-41-44-47-50-53-56-62(65)68-59-60(58-67-61(64)55-52-49-46-43-40-37-34-27-24-21-18-15-12-9-6-3)69-63(66)57-54-51-48-45-42-39-36-32-29-26-23-20-17-14-11-8-5-2/h8,11,14,17-18,20-21,23-24,26-27,29-32,36,39,42,60H,4-7,9-10,12-13,15-16,19,22,25,28,33-35,37-38,40-41,43-59H2,1-3H3/b11-8-,17-14-,21-18-,23-20-,27-24-,29-26-,31-30-,36-32+,42-39-. The third-order valence-electron chi connectivity index (χ3n) is 11.9. The first-order valence-electron chi connectivity index (χ1n) is 28.5. The summed E-state index contributed by atoms with van der Waals surface area (Å²) in [7, 11) is 0. The summed E-state index contributed by atoms with van der Waals surface area (Å²) >= 11 is 0. The molecule has 6 nitrogen and oxygen atoms in total. The van der Waals surface area contributed by atoms with Gasteiger partial charge in [0.15, 0.2) is 6.10 Å². The molecule has 392 valence electrons. The Morgan fingerprint density at radius 3 is 0.986 bits per heavy atom. The molecule has 1 unspecified atom stereocenters. The van der Waals surface area contributed by atoms with Crippen molar-refractivity contribution in [1.29, 1.82) is 0 Å². The topological polar surface area (TPSA) is 78.9 Å². The highest BCUT2D eigenvalue weighted by Crippen LogP contribution is 2.14. The predicted molar refractivity (Wildman–Crippen MR) is 297 cm³/mol. The molecule has 0 aromatic carbocycles. The summed E-state index contributed by atoms with van der Waals surface area (Å²) in [6.07, 6.45) is 76.4. The van der Waals surface area contributed by atoms with Crippen LogP contribution in [-0.2, 0) is 28.6 Å². The van der Waals surface area contributed by atoms with E-state index in [1.54, 1.807) is 0 Å². The Balaban J connectivity index is 4.49. The Morgan fingerprint density at radius 1 is 0.304 bits per heavy atom. The second-order valence-electron chi connectivity index (χ2n) is 18.6. The van der Waals surface area contributed by atoms with Crippen LogP contribution in [0.3, 0.4) is 0 Å². The summed E-state index contributed by atoms with van der Waals surface area (Å²) < 4.78 is 16.8. The first-order valence-corrected chi connectivity index (χ1v) is 28.5. The minimum atomic E-state index is -0.811. The molecule has 69 heavy (non-hydrogen) atoms. The van der Waals surface area contributed by atoms with Crippen LogP contribution in [0.15, 0.2) is 109 Å². The Hall–Kier alpha value is -3.93. The van der Waals surface area contributed by atoms with Crippen molar-refractivity contribution >= 4 is 17.9 Å². The summed E-state index contributed by atoms with van der Waals surface area (Å²) in [6.45, 7) is 6.42. The molecule has 0 saturated carbocycles. The number of allylic oxidation sites excluding steroid dienone is 18. The molecule has 0 aromatic rings. The van der Waals surface area contributed by atoms with E-state index >= 15 is 0 Å². The molecule has 0 radical (unpaired) electrons. The van der Waals surface area contributed by atoms with E-state index in [1.807, 2.05) is 60.8 Å².